The third-order valence-electron chi connectivity index (χ3n) is 4.64. The lowest BCUT2D eigenvalue weighted by Gasteiger charge is -2.28. The molecule has 1 aliphatic heterocycles. The van der Waals surface area contributed by atoms with Crippen molar-refractivity contribution in [3.8, 4) is 0 Å². The lowest BCUT2D eigenvalue weighted by atomic mass is 9.79. The molecule has 110 valence electrons. The highest BCUT2D eigenvalue weighted by atomic mass is 32.2. The van der Waals surface area contributed by atoms with Crippen LogP contribution >= 0.6 is 0 Å². The second-order valence-electron chi connectivity index (χ2n) is 6.15. The zero-order valence-corrected chi connectivity index (χ0v) is 12.4. The first-order valence-electron chi connectivity index (χ1n) is 7.32. The van der Waals surface area contributed by atoms with Gasteiger partial charge < -0.3 is 5.73 Å². The number of nitrogens with zero attached hydrogens (tertiary/aromatic N) is 1. The second-order valence-corrected chi connectivity index (χ2v) is 8.12. The Morgan fingerprint density at radius 3 is 2.55 bits per heavy atom. The summed E-state index contributed by atoms with van der Waals surface area (Å²) in [5.74, 6) is 1.09. The standard InChI is InChI=1S/C15H22N2O2S/c16-15-7-6-13-9-17(10-14(13)8-15)20(18,19)11-12-4-2-1-3-5-12/h1-5,13-15H,6-11,16H2/t13-,14+,15?/m1/s1. The van der Waals surface area contributed by atoms with Gasteiger partial charge in [0.05, 0.1) is 5.75 Å². The van der Waals surface area contributed by atoms with Crippen LogP contribution in [0.1, 0.15) is 24.8 Å². The summed E-state index contributed by atoms with van der Waals surface area (Å²) < 4.78 is 26.7. The van der Waals surface area contributed by atoms with Crippen molar-refractivity contribution in [1.29, 1.82) is 0 Å². The normalized spacial score (nSPS) is 31.1. The summed E-state index contributed by atoms with van der Waals surface area (Å²) >= 11 is 0. The van der Waals surface area contributed by atoms with Crippen molar-refractivity contribution in [2.24, 2.45) is 17.6 Å². The van der Waals surface area contributed by atoms with Gasteiger partial charge in [-0.3, -0.25) is 0 Å². The number of benzene rings is 1. The summed E-state index contributed by atoms with van der Waals surface area (Å²) in [6.45, 7) is 1.35. The molecule has 1 aromatic carbocycles. The molecule has 0 radical (unpaired) electrons. The molecule has 0 aromatic heterocycles. The van der Waals surface area contributed by atoms with E-state index in [1.54, 1.807) is 4.31 Å². The third-order valence-corrected chi connectivity index (χ3v) is 6.43. The van der Waals surface area contributed by atoms with E-state index < -0.39 is 10.0 Å². The van der Waals surface area contributed by atoms with E-state index in [1.807, 2.05) is 30.3 Å². The van der Waals surface area contributed by atoms with Crippen LogP contribution in [0.25, 0.3) is 0 Å². The first kappa shape index (κ1) is 14.0. The van der Waals surface area contributed by atoms with E-state index in [4.69, 9.17) is 5.73 Å². The molecule has 2 aliphatic rings. The molecule has 0 amide bonds. The summed E-state index contributed by atoms with van der Waals surface area (Å²) in [7, 11) is -3.20. The zero-order valence-electron chi connectivity index (χ0n) is 11.6. The van der Waals surface area contributed by atoms with Gasteiger partial charge in [-0.2, -0.15) is 0 Å². The molecule has 3 rings (SSSR count). The van der Waals surface area contributed by atoms with Gasteiger partial charge >= 0.3 is 0 Å². The fourth-order valence-corrected chi connectivity index (χ4v) is 5.16. The Balaban J connectivity index is 1.70. The zero-order chi connectivity index (χ0) is 14.2. The van der Waals surface area contributed by atoms with Gasteiger partial charge in [0.1, 0.15) is 0 Å². The Kier molecular flexibility index (Phi) is 3.84. The van der Waals surface area contributed by atoms with Crippen LogP contribution in [-0.2, 0) is 15.8 Å². The minimum atomic E-state index is -3.20. The van der Waals surface area contributed by atoms with E-state index in [9.17, 15) is 8.42 Å². The minimum absolute atomic E-state index is 0.110. The first-order chi connectivity index (χ1) is 9.54. The highest BCUT2D eigenvalue weighted by Crippen LogP contribution is 2.37. The van der Waals surface area contributed by atoms with Gasteiger partial charge in [0, 0.05) is 19.1 Å². The van der Waals surface area contributed by atoms with Crippen molar-refractivity contribution in [2.75, 3.05) is 13.1 Å². The predicted octanol–water partition coefficient (Wildman–Crippen LogP) is 1.58. The number of rotatable bonds is 3. The van der Waals surface area contributed by atoms with E-state index in [0.29, 0.717) is 24.9 Å². The minimum Gasteiger partial charge on any atom is -0.328 e. The molecule has 2 fully saturated rings. The van der Waals surface area contributed by atoms with Crippen LogP contribution in [0.4, 0.5) is 0 Å². The topological polar surface area (TPSA) is 63.4 Å². The molecule has 1 saturated heterocycles. The maximum Gasteiger partial charge on any atom is 0.218 e. The summed E-state index contributed by atoms with van der Waals surface area (Å²) in [5, 5.41) is 0. The van der Waals surface area contributed by atoms with Crippen LogP contribution in [0.3, 0.4) is 0 Å². The van der Waals surface area contributed by atoms with Crippen LogP contribution in [0.2, 0.25) is 0 Å². The molecule has 1 heterocycles. The largest absolute Gasteiger partial charge is 0.328 e. The maximum absolute atomic E-state index is 12.5. The Morgan fingerprint density at radius 2 is 1.80 bits per heavy atom. The number of nitrogens with two attached hydrogens (primary N) is 1. The molecule has 1 aromatic rings. The van der Waals surface area contributed by atoms with E-state index in [2.05, 4.69) is 0 Å². The molecule has 20 heavy (non-hydrogen) atoms. The molecule has 0 spiro atoms. The van der Waals surface area contributed by atoms with E-state index >= 15 is 0 Å². The third kappa shape index (κ3) is 2.90. The molecule has 1 unspecified atom stereocenters. The highest BCUT2D eigenvalue weighted by molar-refractivity contribution is 7.88. The van der Waals surface area contributed by atoms with Gasteiger partial charge in [-0.25, -0.2) is 12.7 Å². The van der Waals surface area contributed by atoms with Crippen molar-refractivity contribution in [3.05, 3.63) is 35.9 Å². The molecule has 3 atom stereocenters. The molecule has 0 bridgehead atoms. The molecular weight excluding hydrogens is 272 g/mol. The van der Waals surface area contributed by atoms with Crippen LogP contribution in [0.15, 0.2) is 30.3 Å². The number of hydrogen-bond donors (Lipinski definition) is 1. The smallest absolute Gasteiger partial charge is 0.218 e. The van der Waals surface area contributed by atoms with Gasteiger partial charge in [0.15, 0.2) is 0 Å². The summed E-state index contributed by atoms with van der Waals surface area (Å²) in [5.41, 5.74) is 6.86. The van der Waals surface area contributed by atoms with Crippen LogP contribution < -0.4 is 5.73 Å². The summed E-state index contributed by atoms with van der Waals surface area (Å²) in [6.07, 6.45) is 3.08. The molecule has 1 aliphatic carbocycles. The van der Waals surface area contributed by atoms with Gasteiger partial charge in [-0.1, -0.05) is 30.3 Å². The second kappa shape index (κ2) is 5.47. The molecule has 2 N–H and O–H groups in total. The average Bonchev–Trinajstić information content (AvgIpc) is 2.83. The fourth-order valence-electron chi connectivity index (χ4n) is 3.53. The van der Waals surface area contributed by atoms with E-state index in [-0.39, 0.29) is 11.8 Å². The van der Waals surface area contributed by atoms with E-state index in [0.717, 1.165) is 24.8 Å². The van der Waals surface area contributed by atoms with Crippen molar-refractivity contribution in [1.82, 2.24) is 4.31 Å². The maximum atomic E-state index is 12.5. The van der Waals surface area contributed by atoms with Crippen LogP contribution in [0, 0.1) is 11.8 Å². The number of fused-ring (bicyclic) bond motifs is 1. The van der Waals surface area contributed by atoms with Gasteiger partial charge in [0.2, 0.25) is 10.0 Å². The van der Waals surface area contributed by atoms with Crippen molar-refractivity contribution < 1.29 is 8.42 Å². The Bertz CT molecular complexity index is 558. The number of hydrogen-bond acceptors (Lipinski definition) is 3. The van der Waals surface area contributed by atoms with Crippen LogP contribution in [-0.4, -0.2) is 31.9 Å². The van der Waals surface area contributed by atoms with Gasteiger partial charge in [0.25, 0.3) is 0 Å². The number of sulfonamides is 1. The van der Waals surface area contributed by atoms with Gasteiger partial charge in [-0.15, -0.1) is 0 Å². The fraction of sp³-hybridized carbons (Fsp3) is 0.600. The SMILES string of the molecule is NC1CC[C@@H]2CN(S(=O)(=O)Cc3ccccc3)C[C@@H]2C1. The monoisotopic (exact) mass is 294 g/mol. The van der Waals surface area contributed by atoms with Crippen molar-refractivity contribution >= 4 is 10.0 Å². The summed E-state index contributed by atoms with van der Waals surface area (Å²) in [6, 6.07) is 9.67. The average molecular weight is 294 g/mol. The van der Waals surface area contributed by atoms with E-state index in [1.165, 1.54) is 0 Å². The van der Waals surface area contributed by atoms with Crippen molar-refractivity contribution in [3.63, 3.8) is 0 Å². The Labute approximate surface area is 121 Å². The quantitative estimate of drug-likeness (QED) is 0.920. The van der Waals surface area contributed by atoms with Crippen LogP contribution in [0.5, 0.6) is 0 Å². The first-order valence-corrected chi connectivity index (χ1v) is 8.93. The molecular formula is C15H22N2O2S. The molecule has 5 heteroatoms. The summed E-state index contributed by atoms with van der Waals surface area (Å²) in [4.78, 5) is 0. The Hall–Kier alpha value is -0.910. The molecule has 1 saturated carbocycles. The lowest BCUT2D eigenvalue weighted by Crippen LogP contribution is -2.32. The van der Waals surface area contributed by atoms with Crippen molar-refractivity contribution in [2.45, 2.75) is 31.1 Å². The molecule has 4 nitrogen and oxygen atoms in total. The Morgan fingerprint density at radius 1 is 1.10 bits per heavy atom. The van der Waals surface area contributed by atoms with Gasteiger partial charge in [-0.05, 0) is 36.7 Å². The highest BCUT2D eigenvalue weighted by Gasteiger charge is 2.41. The predicted molar refractivity (Wildman–Crippen MR) is 79.4 cm³/mol. The lowest BCUT2D eigenvalue weighted by molar-refractivity contribution is 0.271.